The number of imidazole rings is 1. The van der Waals surface area contributed by atoms with E-state index in [2.05, 4.69) is 15.1 Å². The maximum absolute atomic E-state index is 13.3. The number of phenols is 1. The molecule has 0 amide bonds. The zero-order valence-corrected chi connectivity index (χ0v) is 19.3. The van der Waals surface area contributed by atoms with Gasteiger partial charge in [0.25, 0.3) is 5.88 Å². The van der Waals surface area contributed by atoms with Gasteiger partial charge < -0.3 is 24.1 Å². The van der Waals surface area contributed by atoms with Crippen LogP contribution in [0.5, 0.6) is 17.4 Å². The summed E-state index contributed by atoms with van der Waals surface area (Å²) in [6.07, 6.45) is 0.456. The number of aromatic hydroxyl groups is 1. The lowest BCUT2D eigenvalue weighted by Crippen LogP contribution is -2.23. The molecule has 1 atom stereocenters. The predicted molar refractivity (Wildman–Crippen MR) is 119 cm³/mol. The summed E-state index contributed by atoms with van der Waals surface area (Å²) >= 11 is 0. The second kappa shape index (κ2) is 10.0. The number of halogens is 3. The van der Waals surface area contributed by atoms with Crippen LogP contribution in [0.4, 0.5) is 13.2 Å². The second-order valence-electron chi connectivity index (χ2n) is 8.06. The molecule has 1 aliphatic heterocycles. The summed E-state index contributed by atoms with van der Waals surface area (Å²) < 4.78 is 62.0. The van der Waals surface area contributed by atoms with Gasteiger partial charge in [0, 0.05) is 24.9 Å². The first-order valence-corrected chi connectivity index (χ1v) is 11.1. The second-order valence-corrected chi connectivity index (χ2v) is 8.06. The van der Waals surface area contributed by atoms with Crippen LogP contribution in [-0.2, 0) is 25.2 Å². The average Bonchev–Trinajstić information content (AvgIpc) is 3.63. The topological polar surface area (TPSA) is 150 Å². The molecule has 2 N–H and O–H groups in total. The SMILES string of the molecule is O=C(COC(=O)c1ccc(Oc2nccn3c(-c4cn[nH]c4C(F)(F)F)cnc23)cc1O)O[C@H]1CCOC1. The number of alkyl halides is 3. The van der Waals surface area contributed by atoms with E-state index in [1.54, 1.807) is 0 Å². The van der Waals surface area contributed by atoms with Crippen molar-refractivity contribution in [3.63, 3.8) is 0 Å². The van der Waals surface area contributed by atoms with E-state index >= 15 is 0 Å². The number of ether oxygens (including phenoxy) is 4. The molecule has 0 unspecified atom stereocenters. The number of nitrogens with zero attached hydrogens (tertiary/aromatic N) is 4. The molecule has 4 heterocycles. The number of benzene rings is 1. The van der Waals surface area contributed by atoms with Crippen molar-refractivity contribution in [3.8, 4) is 28.6 Å². The molecular formula is C23H18F3N5O7. The molecule has 0 spiro atoms. The predicted octanol–water partition coefficient (Wildman–Crippen LogP) is 3.13. The van der Waals surface area contributed by atoms with Gasteiger partial charge in [0.2, 0.25) is 5.65 Å². The smallest absolute Gasteiger partial charge is 0.433 e. The van der Waals surface area contributed by atoms with Crippen LogP contribution in [0, 0.1) is 0 Å². The van der Waals surface area contributed by atoms with E-state index in [0.29, 0.717) is 13.0 Å². The molecule has 3 aromatic heterocycles. The van der Waals surface area contributed by atoms with E-state index in [9.17, 15) is 27.9 Å². The van der Waals surface area contributed by atoms with Crippen molar-refractivity contribution in [2.75, 3.05) is 19.8 Å². The van der Waals surface area contributed by atoms with Crippen LogP contribution in [0.1, 0.15) is 22.5 Å². The number of esters is 2. The number of carbonyl (C=O) groups is 2. The molecular weight excluding hydrogens is 515 g/mol. The third-order valence-corrected chi connectivity index (χ3v) is 5.51. The summed E-state index contributed by atoms with van der Waals surface area (Å²) in [5.74, 6) is -2.25. The van der Waals surface area contributed by atoms with Gasteiger partial charge in [0.1, 0.15) is 28.9 Å². The molecule has 5 rings (SSSR count). The largest absolute Gasteiger partial charge is 0.507 e. The number of rotatable bonds is 7. The Morgan fingerprint density at radius 1 is 1.24 bits per heavy atom. The Kier molecular flexibility index (Phi) is 6.59. The number of H-pyrrole nitrogens is 1. The van der Waals surface area contributed by atoms with E-state index in [4.69, 9.17) is 18.9 Å². The maximum atomic E-state index is 13.3. The standard InChI is InChI=1S/C23H18F3N5O7/c24-23(25,26)19-15(8-29-30-19)16-9-28-20-21(27-4-5-31(16)20)38-12-1-2-14(17(32)7-12)22(34)36-11-18(33)37-13-3-6-35-10-13/h1-2,4-5,7-9,13,32H,3,6,10-11H2,(H,29,30)/t13-/m0/s1. The van der Waals surface area contributed by atoms with Crippen LogP contribution >= 0.6 is 0 Å². The molecule has 0 radical (unpaired) electrons. The van der Waals surface area contributed by atoms with Gasteiger partial charge in [-0.1, -0.05) is 0 Å². The third-order valence-electron chi connectivity index (χ3n) is 5.51. The molecule has 38 heavy (non-hydrogen) atoms. The zero-order valence-electron chi connectivity index (χ0n) is 19.3. The molecule has 15 heteroatoms. The Bertz CT molecular complexity index is 1490. The number of phenolic OH excluding ortho intramolecular Hbond substituents is 1. The van der Waals surface area contributed by atoms with Gasteiger partial charge >= 0.3 is 18.1 Å². The normalized spacial score (nSPS) is 15.5. The lowest BCUT2D eigenvalue weighted by Gasteiger charge is -2.11. The minimum absolute atomic E-state index is 0.0455. The summed E-state index contributed by atoms with van der Waals surface area (Å²) in [7, 11) is 0. The molecule has 198 valence electrons. The van der Waals surface area contributed by atoms with E-state index < -0.39 is 36.2 Å². The van der Waals surface area contributed by atoms with Crippen molar-refractivity contribution in [1.82, 2.24) is 24.6 Å². The van der Waals surface area contributed by atoms with Crippen LogP contribution in [0.15, 0.2) is 43.0 Å². The van der Waals surface area contributed by atoms with Crippen molar-refractivity contribution in [2.24, 2.45) is 0 Å². The Balaban J connectivity index is 1.30. The highest BCUT2D eigenvalue weighted by molar-refractivity contribution is 5.93. The summed E-state index contributed by atoms with van der Waals surface area (Å²) in [5.41, 5.74) is -1.31. The first-order valence-electron chi connectivity index (χ1n) is 11.1. The van der Waals surface area contributed by atoms with Gasteiger partial charge in [-0.2, -0.15) is 18.3 Å². The Labute approximate surface area is 210 Å². The highest BCUT2D eigenvalue weighted by Crippen LogP contribution is 2.36. The highest BCUT2D eigenvalue weighted by Gasteiger charge is 2.36. The number of hydrogen-bond acceptors (Lipinski definition) is 10. The van der Waals surface area contributed by atoms with E-state index in [0.717, 1.165) is 12.3 Å². The fourth-order valence-corrected chi connectivity index (χ4v) is 3.75. The van der Waals surface area contributed by atoms with Crippen molar-refractivity contribution in [2.45, 2.75) is 18.7 Å². The summed E-state index contributed by atoms with van der Waals surface area (Å²) in [5, 5.41) is 15.7. The third kappa shape index (κ3) is 5.08. The van der Waals surface area contributed by atoms with Crippen LogP contribution in [0.2, 0.25) is 0 Å². The summed E-state index contributed by atoms with van der Waals surface area (Å²) in [6, 6.07) is 3.65. The summed E-state index contributed by atoms with van der Waals surface area (Å²) in [6.45, 7) is 0.117. The summed E-state index contributed by atoms with van der Waals surface area (Å²) in [4.78, 5) is 32.3. The van der Waals surface area contributed by atoms with Gasteiger partial charge in [-0.05, 0) is 12.1 Å². The molecule has 4 aromatic rings. The van der Waals surface area contributed by atoms with E-state index in [1.807, 2.05) is 5.10 Å². The fourth-order valence-electron chi connectivity index (χ4n) is 3.75. The number of carbonyl (C=O) groups excluding carboxylic acids is 2. The molecule has 0 bridgehead atoms. The Hall–Kier alpha value is -4.66. The quantitative estimate of drug-likeness (QED) is 0.339. The van der Waals surface area contributed by atoms with Crippen LogP contribution in [0.25, 0.3) is 16.9 Å². The minimum atomic E-state index is -4.66. The van der Waals surface area contributed by atoms with E-state index in [1.165, 1.54) is 35.1 Å². The van der Waals surface area contributed by atoms with Gasteiger partial charge in [0.15, 0.2) is 6.61 Å². The molecule has 1 fully saturated rings. The lowest BCUT2D eigenvalue weighted by atomic mass is 10.2. The van der Waals surface area contributed by atoms with Crippen molar-refractivity contribution in [3.05, 3.63) is 54.2 Å². The molecule has 1 saturated heterocycles. The number of aromatic nitrogens is 5. The first kappa shape index (κ1) is 25.0. The molecule has 1 aliphatic rings. The van der Waals surface area contributed by atoms with Crippen molar-refractivity contribution >= 4 is 17.6 Å². The van der Waals surface area contributed by atoms with Gasteiger partial charge in [-0.3, -0.25) is 9.50 Å². The number of hydrogen-bond donors (Lipinski definition) is 2. The number of aromatic amines is 1. The van der Waals surface area contributed by atoms with Gasteiger partial charge in [0.05, 0.1) is 36.9 Å². The van der Waals surface area contributed by atoms with E-state index in [-0.39, 0.29) is 46.8 Å². The fraction of sp³-hybridized carbons (Fsp3) is 0.261. The Morgan fingerprint density at radius 3 is 2.82 bits per heavy atom. The van der Waals surface area contributed by atoms with Crippen molar-refractivity contribution < 1.29 is 46.8 Å². The zero-order chi connectivity index (χ0) is 26.9. The van der Waals surface area contributed by atoms with Crippen molar-refractivity contribution in [1.29, 1.82) is 0 Å². The van der Waals surface area contributed by atoms with Crippen LogP contribution < -0.4 is 4.74 Å². The average molecular weight is 533 g/mol. The van der Waals surface area contributed by atoms with Gasteiger partial charge in [-0.25, -0.2) is 19.6 Å². The van der Waals surface area contributed by atoms with Crippen LogP contribution in [-0.4, -0.2) is 67.5 Å². The monoisotopic (exact) mass is 533 g/mol. The Morgan fingerprint density at radius 2 is 2.08 bits per heavy atom. The lowest BCUT2D eigenvalue weighted by molar-refractivity contribution is -0.152. The maximum Gasteiger partial charge on any atom is 0.433 e. The number of fused-ring (bicyclic) bond motifs is 1. The number of nitrogens with one attached hydrogen (secondary N) is 1. The molecule has 1 aromatic carbocycles. The van der Waals surface area contributed by atoms with Crippen LogP contribution in [0.3, 0.4) is 0 Å². The molecule has 0 saturated carbocycles. The molecule has 0 aliphatic carbocycles. The highest BCUT2D eigenvalue weighted by atomic mass is 19.4. The minimum Gasteiger partial charge on any atom is -0.507 e. The van der Waals surface area contributed by atoms with Gasteiger partial charge in [-0.15, -0.1) is 0 Å². The molecule has 12 nitrogen and oxygen atoms in total. The first-order chi connectivity index (χ1) is 18.2.